The number of sulfonamides is 1. The zero-order valence-corrected chi connectivity index (χ0v) is 17.7. The van der Waals surface area contributed by atoms with Gasteiger partial charge in [0.1, 0.15) is 4.90 Å². The van der Waals surface area contributed by atoms with Crippen LogP contribution in [-0.2, 0) is 10.0 Å². The molecule has 1 fully saturated rings. The van der Waals surface area contributed by atoms with Crippen molar-refractivity contribution in [1.29, 1.82) is 0 Å². The van der Waals surface area contributed by atoms with Crippen molar-refractivity contribution < 1.29 is 8.42 Å². The molecule has 2 aromatic heterocycles. The molecule has 0 radical (unpaired) electrons. The van der Waals surface area contributed by atoms with E-state index < -0.39 is 10.0 Å². The Kier molecular flexibility index (Phi) is 4.61. The Hall–Kier alpha value is -2.35. The van der Waals surface area contributed by atoms with Gasteiger partial charge in [-0.1, -0.05) is 24.3 Å². The first-order valence-corrected chi connectivity index (χ1v) is 12.0. The van der Waals surface area contributed by atoms with Gasteiger partial charge in [0.2, 0.25) is 10.0 Å². The molecule has 148 valence electrons. The topological polar surface area (TPSA) is 63.2 Å². The highest BCUT2D eigenvalue weighted by molar-refractivity contribution is 7.89. The van der Waals surface area contributed by atoms with E-state index in [1.807, 2.05) is 37.3 Å². The third kappa shape index (κ3) is 3.33. The minimum absolute atomic E-state index is 0.126. The second-order valence-corrected chi connectivity index (χ2v) is 10.5. The highest BCUT2D eigenvalue weighted by Gasteiger charge is 2.33. The lowest BCUT2D eigenvalue weighted by atomic mass is 10.0. The molecule has 29 heavy (non-hydrogen) atoms. The van der Waals surface area contributed by atoms with E-state index in [0.717, 1.165) is 39.0 Å². The summed E-state index contributed by atoms with van der Waals surface area (Å²) in [4.78, 5) is 9.49. The first-order valence-electron chi connectivity index (χ1n) is 9.73. The number of hydrogen-bond donors (Lipinski definition) is 0. The molecule has 5 nitrogen and oxygen atoms in total. The van der Waals surface area contributed by atoms with Crippen LogP contribution < -0.4 is 0 Å². The molecular formula is C22H21N3O2S2. The number of rotatable bonds is 3. The summed E-state index contributed by atoms with van der Waals surface area (Å²) in [5, 5.41) is 1.88. The van der Waals surface area contributed by atoms with Gasteiger partial charge in [-0.25, -0.2) is 13.4 Å². The van der Waals surface area contributed by atoms with Crippen molar-refractivity contribution in [3.8, 4) is 0 Å². The summed E-state index contributed by atoms with van der Waals surface area (Å²) in [6.45, 7) is 2.96. The Labute approximate surface area is 174 Å². The van der Waals surface area contributed by atoms with Crippen LogP contribution in [0.1, 0.15) is 29.3 Å². The minimum Gasteiger partial charge on any atom is -0.255 e. The predicted molar refractivity (Wildman–Crippen MR) is 117 cm³/mol. The fourth-order valence-corrected chi connectivity index (χ4v) is 6.80. The van der Waals surface area contributed by atoms with Crippen LogP contribution in [0.4, 0.5) is 0 Å². The summed E-state index contributed by atoms with van der Waals surface area (Å²) in [7, 11) is -3.62. The number of para-hydroxylation sites is 2. The minimum atomic E-state index is -3.62. The molecule has 5 rings (SSSR count). The molecule has 1 atom stereocenters. The Morgan fingerprint density at radius 1 is 1.14 bits per heavy atom. The average molecular weight is 424 g/mol. The van der Waals surface area contributed by atoms with Gasteiger partial charge in [0.05, 0.1) is 20.7 Å². The molecule has 1 unspecified atom stereocenters. The van der Waals surface area contributed by atoms with Gasteiger partial charge in [-0.2, -0.15) is 4.31 Å². The Balaban J connectivity index is 1.50. The van der Waals surface area contributed by atoms with Crippen LogP contribution in [0.15, 0.2) is 59.6 Å². The first-order chi connectivity index (χ1) is 14.0. The highest BCUT2D eigenvalue weighted by Crippen LogP contribution is 2.35. The predicted octanol–water partition coefficient (Wildman–Crippen LogP) is 4.72. The summed E-state index contributed by atoms with van der Waals surface area (Å²) >= 11 is 1.67. The van der Waals surface area contributed by atoms with Crippen LogP contribution in [0.25, 0.3) is 21.1 Å². The van der Waals surface area contributed by atoms with Crippen molar-refractivity contribution in [1.82, 2.24) is 14.3 Å². The molecule has 0 bridgehead atoms. The van der Waals surface area contributed by atoms with Crippen LogP contribution in [-0.4, -0.2) is 35.8 Å². The highest BCUT2D eigenvalue weighted by atomic mass is 32.2. The van der Waals surface area contributed by atoms with Crippen molar-refractivity contribution in [2.75, 3.05) is 13.1 Å². The normalized spacial score (nSPS) is 18.4. The number of nitrogens with zero attached hydrogens (tertiary/aromatic N) is 3. The van der Waals surface area contributed by atoms with E-state index in [-0.39, 0.29) is 5.92 Å². The molecule has 0 amide bonds. The van der Waals surface area contributed by atoms with Crippen LogP contribution >= 0.6 is 11.3 Å². The summed E-state index contributed by atoms with van der Waals surface area (Å²) in [5.74, 6) is 0.126. The lowest BCUT2D eigenvalue weighted by Crippen LogP contribution is -2.39. The van der Waals surface area contributed by atoms with E-state index in [9.17, 15) is 8.42 Å². The fourth-order valence-electron chi connectivity index (χ4n) is 4.02. The first kappa shape index (κ1) is 18.7. The van der Waals surface area contributed by atoms with Crippen LogP contribution in [0.5, 0.6) is 0 Å². The quantitative estimate of drug-likeness (QED) is 0.478. The summed E-state index contributed by atoms with van der Waals surface area (Å²) in [6, 6.07) is 15.4. The number of hydrogen-bond acceptors (Lipinski definition) is 5. The van der Waals surface area contributed by atoms with E-state index in [1.165, 1.54) is 0 Å². The molecule has 0 aliphatic carbocycles. The van der Waals surface area contributed by atoms with Crippen LogP contribution in [0, 0.1) is 6.92 Å². The third-order valence-electron chi connectivity index (χ3n) is 5.47. The van der Waals surface area contributed by atoms with Crippen LogP contribution in [0.3, 0.4) is 0 Å². The number of fused-ring (bicyclic) bond motifs is 2. The monoisotopic (exact) mass is 423 g/mol. The van der Waals surface area contributed by atoms with Gasteiger partial charge >= 0.3 is 0 Å². The standard InChI is InChI=1S/C22H21N3O2S2/c1-15-12-16-6-4-10-20(21(16)23-13-15)29(26,27)25-11-5-7-17(14-25)22-24-18-8-2-3-9-19(18)28-22/h2-4,6,8-10,12-13,17H,5,7,11,14H2,1H3. The van der Waals surface area contributed by atoms with Crippen molar-refractivity contribution in [2.45, 2.75) is 30.6 Å². The zero-order valence-electron chi connectivity index (χ0n) is 16.1. The van der Waals surface area contributed by atoms with Crippen LogP contribution in [0.2, 0.25) is 0 Å². The fraction of sp³-hybridized carbons (Fsp3) is 0.273. The zero-order chi connectivity index (χ0) is 20.0. The largest absolute Gasteiger partial charge is 0.255 e. The molecule has 4 aromatic rings. The molecule has 0 saturated carbocycles. The number of aromatic nitrogens is 2. The van der Waals surface area contributed by atoms with Gasteiger partial charge in [-0.05, 0) is 49.6 Å². The van der Waals surface area contributed by atoms with E-state index in [2.05, 4.69) is 11.1 Å². The molecule has 0 N–H and O–H groups in total. The summed E-state index contributed by atoms with van der Waals surface area (Å²) in [6.07, 6.45) is 3.51. The maximum atomic E-state index is 13.5. The summed E-state index contributed by atoms with van der Waals surface area (Å²) in [5.41, 5.74) is 2.54. The molecule has 0 spiro atoms. The lowest BCUT2D eigenvalue weighted by Gasteiger charge is -2.31. The molecule has 3 heterocycles. The van der Waals surface area contributed by atoms with Gasteiger partial charge in [0.15, 0.2) is 0 Å². The van der Waals surface area contributed by atoms with Crippen molar-refractivity contribution >= 4 is 42.5 Å². The summed E-state index contributed by atoms with van der Waals surface area (Å²) < 4.78 is 29.8. The number of benzene rings is 2. The number of pyridine rings is 1. The maximum absolute atomic E-state index is 13.5. The second kappa shape index (κ2) is 7.16. The average Bonchev–Trinajstić information content (AvgIpc) is 3.17. The van der Waals surface area contributed by atoms with E-state index in [0.29, 0.717) is 23.5 Å². The Morgan fingerprint density at radius 2 is 2.00 bits per heavy atom. The van der Waals surface area contributed by atoms with E-state index >= 15 is 0 Å². The van der Waals surface area contributed by atoms with Crippen molar-refractivity contribution in [3.63, 3.8) is 0 Å². The second-order valence-electron chi connectivity index (χ2n) is 7.56. The smallest absolute Gasteiger partial charge is 0.245 e. The molecule has 1 aliphatic heterocycles. The molecule has 2 aromatic carbocycles. The SMILES string of the molecule is Cc1cnc2c(S(=O)(=O)N3CCCC(c4nc5ccccc5s4)C3)cccc2c1. The lowest BCUT2D eigenvalue weighted by molar-refractivity contribution is 0.315. The number of aryl methyl sites for hydroxylation is 1. The van der Waals surface area contributed by atoms with Crippen molar-refractivity contribution in [2.24, 2.45) is 0 Å². The number of piperidine rings is 1. The van der Waals surface area contributed by atoms with Gasteiger partial charge in [0, 0.05) is 30.6 Å². The van der Waals surface area contributed by atoms with E-state index in [1.54, 1.807) is 34.0 Å². The Morgan fingerprint density at radius 3 is 2.86 bits per heavy atom. The van der Waals surface area contributed by atoms with Gasteiger partial charge < -0.3 is 0 Å². The maximum Gasteiger partial charge on any atom is 0.245 e. The Bertz CT molecular complexity index is 1280. The van der Waals surface area contributed by atoms with Gasteiger partial charge in [-0.15, -0.1) is 11.3 Å². The third-order valence-corrected chi connectivity index (χ3v) is 8.57. The molecule has 7 heteroatoms. The van der Waals surface area contributed by atoms with Crippen molar-refractivity contribution in [3.05, 3.63) is 65.3 Å². The molecule has 1 aliphatic rings. The van der Waals surface area contributed by atoms with E-state index in [4.69, 9.17) is 4.98 Å². The van der Waals surface area contributed by atoms with Gasteiger partial charge in [-0.3, -0.25) is 4.98 Å². The molecule has 1 saturated heterocycles. The van der Waals surface area contributed by atoms with Gasteiger partial charge in [0.25, 0.3) is 0 Å². The molecular weight excluding hydrogens is 402 g/mol. The number of thiazole rings is 1.